The van der Waals surface area contributed by atoms with E-state index in [-0.39, 0.29) is 29.8 Å². The van der Waals surface area contributed by atoms with Crippen molar-refractivity contribution in [3.05, 3.63) is 93.9 Å². The topological polar surface area (TPSA) is 155 Å². The zero-order valence-electron chi connectivity index (χ0n) is 20.6. The number of aromatic carboxylic acids is 1. The number of nitrogens with one attached hydrogen (secondary N) is 2. The van der Waals surface area contributed by atoms with Crippen LogP contribution in [-0.2, 0) is 13.0 Å². The van der Waals surface area contributed by atoms with E-state index in [4.69, 9.17) is 0 Å². The number of carboxylic acids is 1. The first-order valence-electron chi connectivity index (χ1n) is 11.9. The van der Waals surface area contributed by atoms with Crippen LogP contribution in [0.5, 0.6) is 5.75 Å². The number of aromatic nitrogens is 3. The molecule has 0 saturated heterocycles. The van der Waals surface area contributed by atoms with E-state index >= 15 is 0 Å². The van der Waals surface area contributed by atoms with Crippen molar-refractivity contribution in [1.82, 2.24) is 25.2 Å². The molecule has 2 atom stereocenters. The van der Waals surface area contributed by atoms with Crippen molar-refractivity contribution in [2.75, 3.05) is 0 Å². The fourth-order valence-electron chi connectivity index (χ4n) is 4.49. The Hall–Kier alpha value is -5.05. The lowest BCUT2D eigenvalue weighted by atomic mass is 10.0. The lowest BCUT2D eigenvalue weighted by Gasteiger charge is -2.18. The number of carbonyl (C=O) groups is 3. The summed E-state index contributed by atoms with van der Waals surface area (Å²) in [5.41, 5.74) is 0.0734. The summed E-state index contributed by atoms with van der Waals surface area (Å²) in [7, 11) is 0. The smallest absolute Gasteiger partial charge is 0.387 e. The lowest BCUT2D eigenvalue weighted by molar-refractivity contribution is -0.0522. The summed E-state index contributed by atoms with van der Waals surface area (Å²) in [6.45, 7) is -3.54. The highest BCUT2D eigenvalue weighted by Gasteiger charge is 2.34. The summed E-state index contributed by atoms with van der Waals surface area (Å²) in [6.07, 6.45) is -0.233. The molecule has 2 amide bonds. The number of carbonyl (C=O) groups excluding carboxylic acids is 2. The third-order valence-corrected chi connectivity index (χ3v) is 6.38. The average molecular weight is 573 g/mol. The monoisotopic (exact) mass is 573 g/mol. The van der Waals surface area contributed by atoms with Crippen LogP contribution in [0.4, 0.5) is 17.6 Å². The fraction of sp³-hybridized carbons (Fsp3) is 0.192. The minimum absolute atomic E-state index is 0.0137. The van der Waals surface area contributed by atoms with Crippen LogP contribution in [0.15, 0.2) is 48.7 Å². The number of benzene rings is 2. The number of alkyl halides is 2. The molecule has 0 spiro atoms. The van der Waals surface area contributed by atoms with Gasteiger partial charge in [-0.05, 0) is 41.0 Å². The van der Waals surface area contributed by atoms with E-state index in [1.165, 1.54) is 24.3 Å². The van der Waals surface area contributed by atoms with Gasteiger partial charge in [0.1, 0.15) is 11.4 Å². The molecule has 2 heterocycles. The van der Waals surface area contributed by atoms with E-state index in [1.807, 2.05) is 0 Å². The number of aliphatic hydroxyl groups excluding tert-OH is 1. The minimum atomic E-state index is -3.26. The summed E-state index contributed by atoms with van der Waals surface area (Å²) < 4.78 is 58.1. The first-order chi connectivity index (χ1) is 19.5. The third-order valence-electron chi connectivity index (χ3n) is 6.38. The van der Waals surface area contributed by atoms with Crippen molar-refractivity contribution in [1.29, 1.82) is 0 Å². The van der Waals surface area contributed by atoms with Gasteiger partial charge in [-0.15, -0.1) is 0 Å². The molecule has 1 aliphatic carbocycles. The van der Waals surface area contributed by atoms with Crippen LogP contribution >= 0.6 is 0 Å². The molecule has 212 valence electrons. The zero-order valence-corrected chi connectivity index (χ0v) is 20.6. The van der Waals surface area contributed by atoms with Gasteiger partial charge in [0, 0.05) is 19.0 Å². The maximum absolute atomic E-state index is 14.4. The second-order valence-corrected chi connectivity index (χ2v) is 9.02. The molecule has 11 nitrogen and oxygen atoms in total. The summed E-state index contributed by atoms with van der Waals surface area (Å²) in [5, 5.41) is 28.6. The van der Waals surface area contributed by atoms with Crippen LogP contribution < -0.4 is 15.4 Å². The van der Waals surface area contributed by atoms with Crippen molar-refractivity contribution in [2.24, 2.45) is 0 Å². The Labute approximate surface area is 227 Å². The molecule has 2 aromatic carbocycles. The SMILES string of the molecule is O=C(O)c1ccc2c(c1)C[C@H](O)[C@@H]2NC(=O)c1cc(C(=O)NCc2ccc(F)c(OC(F)F)c2)nc2c(F)cnn12. The summed E-state index contributed by atoms with van der Waals surface area (Å²) in [4.78, 5) is 41.4. The molecule has 41 heavy (non-hydrogen) atoms. The molecule has 0 aliphatic heterocycles. The standard InChI is InChI=1S/C26H19F4N5O6/c27-15-4-1-11(5-20(15)41-26(29)30)9-31-23(37)17-8-18(35-22(33-17)16(28)10-32-35)24(38)34-21-14-3-2-12(25(39)40)6-13(14)7-19(21)36/h1-6,8,10,19,21,26,36H,7,9H2,(H,31,37)(H,34,38)(H,39,40)/t19-,21+/m0/s1. The van der Waals surface area contributed by atoms with Crippen LogP contribution in [0.1, 0.15) is 54.1 Å². The number of ether oxygens (including phenoxy) is 1. The maximum atomic E-state index is 14.4. The van der Waals surface area contributed by atoms with Gasteiger partial charge in [0.15, 0.2) is 23.0 Å². The Morgan fingerprint density at radius 2 is 1.85 bits per heavy atom. The number of hydrogen-bond donors (Lipinski definition) is 4. The minimum Gasteiger partial charge on any atom is -0.478 e. The Morgan fingerprint density at radius 3 is 2.59 bits per heavy atom. The number of halogens is 4. The number of aliphatic hydroxyl groups is 1. The van der Waals surface area contributed by atoms with E-state index in [0.717, 1.165) is 28.9 Å². The van der Waals surface area contributed by atoms with Gasteiger partial charge in [0.25, 0.3) is 11.8 Å². The molecular weight excluding hydrogens is 554 g/mol. The van der Waals surface area contributed by atoms with E-state index in [2.05, 4.69) is 25.5 Å². The predicted octanol–water partition coefficient (Wildman–Crippen LogP) is 2.63. The number of carboxylic acid groups (broad SMARTS) is 1. The molecule has 5 rings (SSSR count). The van der Waals surface area contributed by atoms with Gasteiger partial charge in [-0.25, -0.2) is 23.1 Å². The Kier molecular flexibility index (Phi) is 7.28. The Balaban J connectivity index is 1.39. The van der Waals surface area contributed by atoms with Crippen LogP contribution in [0.3, 0.4) is 0 Å². The quantitative estimate of drug-likeness (QED) is 0.235. The number of amides is 2. The van der Waals surface area contributed by atoms with Gasteiger partial charge in [0.05, 0.1) is 23.9 Å². The lowest BCUT2D eigenvalue weighted by Crippen LogP contribution is -2.35. The molecule has 1 aliphatic rings. The zero-order chi connectivity index (χ0) is 29.4. The maximum Gasteiger partial charge on any atom is 0.387 e. The second kappa shape index (κ2) is 10.8. The molecule has 0 saturated carbocycles. The molecule has 15 heteroatoms. The van der Waals surface area contributed by atoms with Gasteiger partial charge in [-0.1, -0.05) is 12.1 Å². The molecule has 4 N–H and O–H groups in total. The molecule has 0 unspecified atom stereocenters. The largest absolute Gasteiger partial charge is 0.478 e. The Bertz CT molecular complexity index is 1690. The number of hydrogen-bond acceptors (Lipinski definition) is 7. The van der Waals surface area contributed by atoms with Gasteiger partial charge >= 0.3 is 12.6 Å². The highest BCUT2D eigenvalue weighted by Crippen LogP contribution is 2.32. The second-order valence-electron chi connectivity index (χ2n) is 9.02. The van der Waals surface area contributed by atoms with Crippen molar-refractivity contribution in [3.8, 4) is 5.75 Å². The number of nitrogens with zero attached hydrogens (tertiary/aromatic N) is 3. The van der Waals surface area contributed by atoms with E-state index < -0.39 is 65.3 Å². The molecule has 4 aromatic rings. The Morgan fingerprint density at radius 1 is 1.07 bits per heavy atom. The van der Waals surface area contributed by atoms with Crippen molar-refractivity contribution in [3.63, 3.8) is 0 Å². The van der Waals surface area contributed by atoms with E-state index in [0.29, 0.717) is 11.1 Å². The van der Waals surface area contributed by atoms with Crippen molar-refractivity contribution < 1.29 is 46.9 Å². The highest BCUT2D eigenvalue weighted by atomic mass is 19.3. The first kappa shape index (κ1) is 27.5. The number of rotatable bonds is 8. The molecular formula is C26H19F4N5O6. The van der Waals surface area contributed by atoms with Crippen LogP contribution in [-0.4, -0.2) is 55.3 Å². The highest BCUT2D eigenvalue weighted by molar-refractivity contribution is 5.98. The third kappa shape index (κ3) is 5.51. The van der Waals surface area contributed by atoms with Crippen LogP contribution in [0.25, 0.3) is 5.65 Å². The van der Waals surface area contributed by atoms with Crippen LogP contribution in [0, 0.1) is 11.6 Å². The molecule has 0 radical (unpaired) electrons. The van der Waals surface area contributed by atoms with Gasteiger partial charge in [0.2, 0.25) is 0 Å². The molecule has 0 bridgehead atoms. The normalized spacial score (nSPS) is 16.0. The van der Waals surface area contributed by atoms with Gasteiger partial charge in [-0.3, -0.25) is 9.59 Å². The fourth-order valence-corrected chi connectivity index (χ4v) is 4.49. The van der Waals surface area contributed by atoms with Gasteiger partial charge < -0.3 is 25.6 Å². The van der Waals surface area contributed by atoms with E-state index in [9.17, 15) is 42.2 Å². The summed E-state index contributed by atoms with van der Waals surface area (Å²) >= 11 is 0. The summed E-state index contributed by atoms with van der Waals surface area (Å²) in [5.74, 6) is -5.57. The van der Waals surface area contributed by atoms with Crippen LogP contribution in [0.2, 0.25) is 0 Å². The van der Waals surface area contributed by atoms with Gasteiger partial charge in [-0.2, -0.15) is 13.9 Å². The number of fused-ring (bicyclic) bond motifs is 2. The molecule has 2 aromatic heterocycles. The van der Waals surface area contributed by atoms with Crippen molar-refractivity contribution in [2.45, 2.75) is 31.7 Å². The molecule has 0 fully saturated rings. The van der Waals surface area contributed by atoms with Crippen molar-refractivity contribution >= 4 is 23.4 Å². The average Bonchev–Trinajstić information content (AvgIpc) is 3.46. The summed E-state index contributed by atoms with van der Waals surface area (Å²) in [6, 6.07) is 7.38. The predicted molar refractivity (Wildman–Crippen MR) is 130 cm³/mol. The van der Waals surface area contributed by atoms with E-state index in [1.54, 1.807) is 0 Å². The first-order valence-corrected chi connectivity index (χ1v) is 11.9.